The fraction of sp³-hybridized carbons (Fsp3) is 0.0400. The van der Waals surface area contributed by atoms with E-state index in [1.165, 1.54) is 88.0 Å². The van der Waals surface area contributed by atoms with Gasteiger partial charge in [-0.25, -0.2) is 4.98 Å². The molecular formula is C75H52N4OPt-2. The van der Waals surface area contributed by atoms with Crippen molar-refractivity contribution < 1.29 is 74.2 Å². The van der Waals surface area contributed by atoms with Gasteiger partial charge < -0.3 is 13.9 Å². The van der Waals surface area contributed by atoms with Crippen molar-refractivity contribution in [2.45, 2.75) is 20.6 Å². The average molecular weight is 1250 g/mol. The Bertz CT molecular complexity index is 6200. The summed E-state index contributed by atoms with van der Waals surface area (Å²) >= 11 is 0. The monoisotopic (exact) mass is 1250 g/mol. The standard InChI is InChI=1S/C75H52N4O.Pt/c1-50-21-18-22-51(2)74(50)57-37-40-70-72(45-57)77(49-78(70)75-64(55-27-12-6-13-28-55)34-20-35-65(75)60-43-58(53-23-8-4-9-24-53)42-59(44-60)54-25-10-5-11-26-54)61-31-19-32-62(46-61)80-63-38-39-67-66-33-16-17-36-69(66)79(71(67)47-63)73-41-52(3)68(48-76-73)56-29-14-7-15-30-56;/h4-45,48H,1-3H3;/q-2;/i1D3,2D3,3D3,4D,5D,6D,7D,8D,9D,10D,11D,12D,13D,14D,15D,23D,24D,25D,26D,27D,28D,29D,30D,42D,43D,44D;. The van der Waals surface area contributed by atoms with Crippen molar-refractivity contribution in [2.75, 3.05) is 0 Å². The fourth-order valence-electron chi connectivity index (χ4n) is 9.72. The van der Waals surface area contributed by atoms with Crippen LogP contribution in [0.4, 0.5) is 0 Å². The summed E-state index contributed by atoms with van der Waals surface area (Å²) in [7, 11) is 0. The Hall–Kier alpha value is -9.67. The average Bonchev–Trinajstić information content (AvgIpc) is 1.70. The van der Waals surface area contributed by atoms with Crippen molar-refractivity contribution in [3.63, 3.8) is 0 Å². The van der Waals surface area contributed by atoms with Gasteiger partial charge in [0.15, 0.2) is 0 Å². The van der Waals surface area contributed by atoms with E-state index >= 15 is 0 Å². The van der Waals surface area contributed by atoms with Crippen LogP contribution in [0, 0.1) is 39.0 Å². The Morgan fingerprint density at radius 3 is 1.75 bits per heavy atom. The van der Waals surface area contributed by atoms with E-state index in [2.05, 4.69) is 23.4 Å². The minimum Gasteiger partial charge on any atom is -0.510 e. The molecule has 0 aliphatic heterocycles. The van der Waals surface area contributed by atoms with E-state index in [9.17, 15) is 12.3 Å². The van der Waals surface area contributed by atoms with Crippen molar-refractivity contribution in [1.82, 2.24) is 14.1 Å². The van der Waals surface area contributed by atoms with Gasteiger partial charge in [-0.05, 0) is 146 Å². The van der Waals surface area contributed by atoms with Crippen molar-refractivity contribution in [3.05, 3.63) is 296 Å². The first-order valence-corrected chi connectivity index (χ1v) is 24.5. The van der Waals surface area contributed by atoms with Gasteiger partial charge in [0.2, 0.25) is 0 Å². The summed E-state index contributed by atoms with van der Waals surface area (Å²) in [5.41, 5.74) is -6.70. The molecule has 0 saturated carbocycles. The second-order valence-corrected chi connectivity index (χ2v) is 17.9. The van der Waals surface area contributed by atoms with Crippen molar-refractivity contribution in [1.29, 1.82) is 0 Å². The van der Waals surface area contributed by atoms with E-state index in [-0.39, 0.29) is 111 Å². The molecule has 0 radical (unpaired) electrons. The molecule has 0 spiro atoms. The van der Waals surface area contributed by atoms with Gasteiger partial charge in [-0.3, -0.25) is 4.57 Å². The molecule has 5 nitrogen and oxygen atoms in total. The van der Waals surface area contributed by atoms with Crippen molar-refractivity contribution in [2.24, 2.45) is 0 Å². The largest absolute Gasteiger partial charge is 0.510 e. The summed E-state index contributed by atoms with van der Waals surface area (Å²) in [6, 6.07) is 14.6. The first kappa shape index (κ1) is 26.5. The van der Waals surface area contributed by atoms with Gasteiger partial charge in [0.25, 0.3) is 6.33 Å². The molecule has 0 atom stereocenters. The normalized spacial score (nSPS) is 17.4. The molecule has 6 heteroatoms. The Morgan fingerprint density at radius 2 is 1.07 bits per heavy atom. The summed E-state index contributed by atoms with van der Waals surface area (Å²) in [5, 5.41) is 1.20. The van der Waals surface area contributed by atoms with Crippen LogP contribution < -0.4 is 9.30 Å². The Morgan fingerprint density at radius 1 is 0.481 bits per heavy atom. The summed E-state index contributed by atoms with van der Waals surface area (Å²) < 4.78 is 296. The van der Waals surface area contributed by atoms with Crippen LogP contribution in [-0.2, 0) is 21.1 Å². The third kappa shape index (κ3) is 9.46. The molecule has 0 N–H and O–H groups in total. The van der Waals surface area contributed by atoms with E-state index in [4.69, 9.17) is 36.3 Å². The molecule has 3 heterocycles. The van der Waals surface area contributed by atoms with Crippen LogP contribution >= 0.6 is 0 Å². The van der Waals surface area contributed by atoms with Crippen LogP contribution in [0.3, 0.4) is 0 Å². The molecule has 14 rings (SSSR count). The van der Waals surface area contributed by atoms with E-state index in [0.29, 0.717) is 16.3 Å². The molecular weight excluding hydrogens is 1170 g/mol. The Labute approximate surface area is 531 Å². The van der Waals surface area contributed by atoms with Gasteiger partial charge in [0, 0.05) is 62.2 Å². The number of aryl methyl sites for hydroxylation is 3. The molecule has 0 aliphatic rings. The van der Waals surface area contributed by atoms with Crippen LogP contribution in [0.25, 0.3) is 117 Å². The Kier molecular flexibility index (Phi) is 7.05. The van der Waals surface area contributed by atoms with E-state index in [1.807, 2.05) is 0 Å². The minimum atomic E-state index is -2.96. The minimum absolute atomic E-state index is 0. The number of ether oxygens (including phenoxy) is 1. The molecule has 0 fully saturated rings. The van der Waals surface area contributed by atoms with Gasteiger partial charge in [0.05, 0.1) is 48.2 Å². The SMILES string of the molecule is [2H]c1c([2H])c([2H])c(-c2cnc(-n3c4[c-]c(Oc5[c-]c(-n6[c-][n+](-c7c(-c8c([2H])c([2H])c([2H])c([2H])c8[2H])cccc7-c7c([2H])c(-c8c([2H])c([2H])c([2H])c([2H])c8[2H])c([2H])c(-c8c([2H])c([2H])c([2H])c([2H])c8[2H])c7[2H])c7ccc(-c8c(C([2H])([2H])[2H])cccc8C([2H])([2H])[2H])cc76)ccc5)ccc4c4ccccc43)cc2C([2H])([2H])[2H])c([2H])c1[2H].[Pt]. The van der Waals surface area contributed by atoms with Gasteiger partial charge in [-0.1, -0.05) is 193 Å². The number of pyridine rings is 1. The van der Waals surface area contributed by atoms with Gasteiger partial charge >= 0.3 is 0 Å². The second-order valence-electron chi connectivity index (χ2n) is 17.9. The van der Waals surface area contributed by atoms with Crippen LogP contribution in [0.2, 0.25) is 0 Å². The summed E-state index contributed by atoms with van der Waals surface area (Å²) in [6.45, 7) is -8.86. The zero-order valence-electron chi connectivity index (χ0n) is 73.6. The molecule has 0 bridgehead atoms. The van der Waals surface area contributed by atoms with Crippen LogP contribution in [-0.4, -0.2) is 14.1 Å². The number of aromatic nitrogens is 4. The van der Waals surface area contributed by atoms with Gasteiger partial charge in [-0.2, -0.15) is 18.2 Å². The Balaban J connectivity index is 0.0000112. The first-order chi connectivity index (χ1) is 52.6. The van der Waals surface area contributed by atoms with E-state index in [0.717, 1.165) is 6.20 Å². The second kappa shape index (κ2) is 21.5. The molecule has 0 amide bonds. The predicted octanol–water partition coefficient (Wildman–Crippen LogP) is 18.5. The quantitative estimate of drug-likeness (QED) is 0.0956. The third-order valence-electron chi connectivity index (χ3n) is 13.2. The maximum absolute atomic E-state index is 10.3. The van der Waals surface area contributed by atoms with Gasteiger partial charge in [0.1, 0.15) is 5.82 Å². The molecule has 3 aromatic heterocycles. The summed E-state index contributed by atoms with van der Waals surface area (Å²) in [6.07, 6.45) is 4.38. The summed E-state index contributed by atoms with van der Waals surface area (Å²) in [5.74, 6) is -0.0454. The van der Waals surface area contributed by atoms with E-state index < -0.39 is 198 Å². The molecule has 14 aromatic rings. The predicted molar refractivity (Wildman–Crippen MR) is 327 cm³/mol. The summed E-state index contributed by atoms with van der Waals surface area (Å²) in [4.78, 5) is 4.65. The third-order valence-corrected chi connectivity index (χ3v) is 13.2. The van der Waals surface area contributed by atoms with E-state index in [1.54, 1.807) is 41.0 Å². The van der Waals surface area contributed by atoms with Crippen molar-refractivity contribution in [3.8, 4) is 95.5 Å². The number of benzene rings is 11. The molecule has 11 aromatic carbocycles. The first-order valence-electron chi connectivity index (χ1n) is 40.5. The number of fused-ring (bicyclic) bond motifs is 4. The number of hydrogen-bond donors (Lipinski definition) is 0. The van der Waals surface area contributed by atoms with Crippen LogP contribution in [0.1, 0.15) is 60.6 Å². The maximum Gasteiger partial charge on any atom is 0.268 e. The zero-order chi connectivity index (χ0) is 81.2. The van der Waals surface area contributed by atoms with Crippen LogP contribution in [0.5, 0.6) is 11.5 Å². The van der Waals surface area contributed by atoms with Crippen molar-refractivity contribution >= 4 is 32.8 Å². The molecule has 81 heavy (non-hydrogen) atoms. The maximum atomic E-state index is 10.3. The number of rotatable bonds is 11. The van der Waals surface area contributed by atoms with Crippen LogP contribution in [0.15, 0.2) is 260 Å². The smallest absolute Gasteiger partial charge is 0.268 e. The number of para-hydroxylation sites is 2. The molecule has 390 valence electrons. The number of imidazole rings is 1. The number of nitrogens with zero attached hydrogens (tertiary/aromatic N) is 4. The fourth-order valence-corrected chi connectivity index (χ4v) is 9.72. The van der Waals surface area contributed by atoms with Gasteiger partial charge in [-0.15, -0.1) is 29.7 Å². The molecule has 0 unspecified atom stereocenters. The topological polar surface area (TPSA) is 35.9 Å². The zero-order valence-corrected chi connectivity index (χ0v) is 43.8. The number of hydrogen-bond acceptors (Lipinski definition) is 2. The molecule has 0 saturated heterocycles. The molecule has 0 aliphatic carbocycles.